The second-order valence-corrected chi connectivity index (χ2v) is 7.72. The molecule has 29 heavy (non-hydrogen) atoms. The van der Waals surface area contributed by atoms with E-state index in [-0.39, 0.29) is 12.3 Å². The lowest BCUT2D eigenvalue weighted by Crippen LogP contribution is -2.15. The highest BCUT2D eigenvalue weighted by Gasteiger charge is 2.17. The van der Waals surface area contributed by atoms with Crippen molar-refractivity contribution in [3.05, 3.63) is 69.1 Å². The maximum Gasteiger partial charge on any atom is 0.257 e. The number of methoxy groups -OCH3 is 1. The summed E-state index contributed by atoms with van der Waals surface area (Å²) in [4.78, 5) is 27.8. The van der Waals surface area contributed by atoms with E-state index < -0.39 is 5.91 Å². The molecule has 0 bridgehead atoms. The Kier molecular flexibility index (Phi) is 6.84. The topological polar surface area (TPSA) is 104 Å². The summed E-state index contributed by atoms with van der Waals surface area (Å²) in [5.41, 5.74) is 7.05. The van der Waals surface area contributed by atoms with Crippen molar-refractivity contribution in [2.75, 3.05) is 12.4 Å². The summed E-state index contributed by atoms with van der Waals surface area (Å²) in [5, 5.41) is 4.77. The molecular formula is C20H18BrN3O4S. The zero-order valence-electron chi connectivity index (χ0n) is 15.5. The molecule has 7 nitrogen and oxygen atoms in total. The number of carbonyl (C=O) groups is 2. The molecule has 0 spiro atoms. The smallest absolute Gasteiger partial charge is 0.257 e. The molecule has 3 N–H and O–H groups in total. The van der Waals surface area contributed by atoms with Crippen LogP contribution in [-0.4, -0.2) is 23.9 Å². The van der Waals surface area contributed by atoms with Crippen molar-refractivity contribution in [3.8, 4) is 11.5 Å². The number of anilines is 1. The summed E-state index contributed by atoms with van der Waals surface area (Å²) >= 11 is 4.67. The van der Waals surface area contributed by atoms with Crippen molar-refractivity contribution < 1.29 is 19.1 Å². The van der Waals surface area contributed by atoms with E-state index in [1.165, 1.54) is 18.4 Å². The zero-order chi connectivity index (χ0) is 20.8. The quantitative estimate of drug-likeness (QED) is 0.515. The molecule has 0 fully saturated rings. The van der Waals surface area contributed by atoms with Gasteiger partial charge in [-0.15, -0.1) is 11.3 Å². The van der Waals surface area contributed by atoms with Crippen LogP contribution in [0.25, 0.3) is 0 Å². The second kappa shape index (κ2) is 9.53. The van der Waals surface area contributed by atoms with E-state index in [0.717, 1.165) is 5.56 Å². The first-order chi connectivity index (χ1) is 14.0. The van der Waals surface area contributed by atoms with E-state index in [0.29, 0.717) is 39.0 Å². The lowest BCUT2D eigenvalue weighted by molar-refractivity contribution is -0.117. The first-order valence-corrected chi connectivity index (χ1v) is 10.2. The van der Waals surface area contributed by atoms with Crippen molar-refractivity contribution in [1.29, 1.82) is 0 Å². The number of carbonyl (C=O) groups excluding carboxylic acids is 2. The molecule has 0 radical (unpaired) electrons. The Labute approximate surface area is 180 Å². The third kappa shape index (κ3) is 5.55. The molecule has 3 rings (SSSR count). The molecule has 0 aliphatic heterocycles. The van der Waals surface area contributed by atoms with Gasteiger partial charge in [-0.25, -0.2) is 4.98 Å². The number of rotatable bonds is 8. The monoisotopic (exact) mass is 475 g/mol. The molecule has 1 aromatic heterocycles. The zero-order valence-corrected chi connectivity index (χ0v) is 17.9. The number of ether oxygens (including phenoxy) is 2. The van der Waals surface area contributed by atoms with Crippen molar-refractivity contribution in [1.82, 2.24) is 4.98 Å². The van der Waals surface area contributed by atoms with Gasteiger partial charge < -0.3 is 15.2 Å². The number of thiazole rings is 1. The van der Waals surface area contributed by atoms with Gasteiger partial charge in [0.2, 0.25) is 5.91 Å². The molecule has 0 atom stereocenters. The summed E-state index contributed by atoms with van der Waals surface area (Å²) in [7, 11) is 1.51. The average molecular weight is 476 g/mol. The fourth-order valence-corrected chi connectivity index (χ4v) is 3.78. The van der Waals surface area contributed by atoms with Gasteiger partial charge in [-0.1, -0.05) is 30.3 Å². The normalized spacial score (nSPS) is 10.4. The van der Waals surface area contributed by atoms with Crippen molar-refractivity contribution in [3.63, 3.8) is 0 Å². The Morgan fingerprint density at radius 3 is 2.69 bits per heavy atom. The van der Waals surface area contributed by atoms with Gasteiger partial charge in [0.05, 0.1) is 23.7 Å². The van der Waals surface area contributed by atoms with Crippen LogP contribution in [-0.2, 0) is 17.8 Å². The van der Waals surface area contributed by atoms with Gasteiger partial charge in [0.1, 0.15) is 6.61 Å². The summed E-state index contributed by atoms with van der Waals surface area (Å²) in [6.07, 6.45) is 0.0270. The molecule has 0 saturated carbocycles. The highest BCUT2D eigenvalue weighted by atomic mass is 79.9. The Hall–Kier alpha value is -2.91. The van der Waals surface area contributed by atoms with Gasteiger partial charge in [-0.3, -0.25) is 14.9 Å². The van der Waals surface area contributed by atoms with Gasteiger partial charge in [0, 0.05) is 10.9 Å². The van der Waals surface area contributed by atoms with Crippen molar-refractivity contribution in [2.24, 2.45) is 5.73 Å². The number of aromatic nitrogens is 1. The fraction of sp³-hybridized carbons (Fsp3) is 0.150. The lowest BCUT2D eigenvalue weighted by atomic mass is 10.2. The summed E-state index contributed by atoms with van der Waals surface area (Å²) in [5.74, 6) is 0.0893. The average Bonchev–Trinajstić information content (AvgIpc) is 3.13. The standard InChI is InChI=1S/C20H18BrN3O4S/c1-27-16-8-13(19(26)24-20-23-14(11-29-20)9-17(22)25)7-15(21)18(16)28-10-12-5-3-2-4-6-12/h2-8,11H,9-10H2,1H3,(H2,22,25)(H,23,24,26). The Bertz CT molecular complexity index is 1020. The van der Waals surface area contributed by atoms with Crippen LogP contribution in [0.1, 0.15) is 21.6 Å². The molecule has 3 aromatic rings. The van der Waals surface area contributed by atoms with Crippen LogP contribution in [0.4, 0.5) is 5.13 Å². The van der Waals surface area contributed by atoms with Crippen LogP contribution < -0.4 is 20.5 Å². The number of nitrogens with zero attached hydrogens (tertiary/aromatic N) is 1. The minimum atomic E-state index is -0.479. The van der Waals surface area contributed by atoms with Crippen molar-refractivity contribution in [2.45, 2.75) is 13.0 Å². The highest BCUT2D eigenvalue weighted by Crippen LogP contribution is 2.37. The van der Waals surface area contributed by atoms with Crippen LogP contribution in [0, 0.1) is 0 Å². The second-order valence-electron chi connectivity index (χ2n) is 6.00. The number of hydrogen-bond acceptors (Lipinski definition) is 6. The molecule has 2 amide bonds. The number of hydrogen-bond donors (Lipinski definition) is 2. The maximum atomic E-state index is 12.6. The first kappa shape index (κ1) is 20.8. The number of nitrogens with two attached hydrogens (primary N) is 1. The highest BCUT2D eigenvalue weighted by molar-refractivity contribution is 9.10. The Balaban J connectivity index is 1.74. The third-order valence-electron chi connectivity index (χ3n) is 3.85. The third-order valence-corrected chi connectivity index (χ3v) is 5.24. The summed E-state index contributed by atoms with van der Waals surface area (Å²) in [6.45, 7) is 0.364. The van der Waals surface area contributed by atoms with Crippen LogP contribution in [0.2, 0.25) is 0 Å². The number of nitrogens with one attached hydrogen (secondary N) is 1. The SMILES string of the molecule is COc1cc(C(=O)Nc2nc(CC(N)=O)cs2)cc(Br)c1OCc1ccccc1. The van der Waals surface area contributed by atoms with E-state index in [9.17, 15) is 9.59 Å². The van der Waals surface area contributed by atoms with Gasteiger partial charge in [0.25, 0.3) is 5.91 Å². The molecule has 150 valence electrons. The largest absolute Gasteiger partial charge is 0.493 e. The number of primary amides is 1. The minimum Gasteiger partial charge on any atom is -0.493 e. The number of benzene rings is 2. The van der Waals surface area contributed by atoms with Crippen LogP contribution in [0.15, 0.2) is 52.3 Å². The molecule has 2 aromatic carbocycles. The van der Waals surface area contributed by atoms with Gasteiger partial charge >= 0.3 is 0 Å². The molecule has 0 saturated heterocycles. The lowest BCUT2D eigenvalue weighted by Gasteiger charge is -2.14. The van der Waals surface area contributed by atoms with Gasteiger partial charge in [-0.2, -0.15) is 0 Å². The molecule has 0 aliphatic carbocycles. The molecule has 0 aliphatic rings. The van der Waals surface area contributed by atoms with Crippen LogP contribution in [0.3, 0.4) is 0 Å². The van der Waals surface area contributed by atoms with E-state index in [2.05, 4.69) is 26.2 Å². The molecule has 9 heteroatoms. The predicted octanol–water partition coefficient (Wildman–Crippen LogP) is 3.77. The Morgan fingerprint density at radius 2 is 2.00 bits per heavy atom. The number of halogens is 1. The van der Waals surface area contributed by atoms with Crippen LogP contribution in [0.5, 0.6) is 11.5 Å². The molecular weight excluding hydrogens is 458 g/mol. The fourth-order valence-electron chi connectivity index (χ4n) is 2.51. The molecule has 1 heterocycles. The maximum absolute atomic E-state index is 12.6. The summed E-state index contributed by atoms with van der Waals surface area (Å²) in [6, 6.07) is 13.0. The van der Waals surface area contributed by atoms with E-state index in [1.54, 1.807) is 17.5 Å². The van der Waals surface area contributed by atoms with Crippen LogP contribution >= 0.6 is 27.3 Å². The molecule has 0 unspecified atom stereocenters. The minimum absolute atomic E-state index is 0.0270. The predicted molar refractivity (Wildman–Crippen MR) is 114 cm³/mol. The van der Waals surface area contributed by atoms with E-state index >= 15 is 0 Å². The first-order valence-electron chi connectivity index (χ1n) is 8.54. The van der Waals surface area contributed by atoms with Gasteiger partial charge in [-0.05, 0) is 33.6 Å². The Morgan fingerprint density at radius 1 is 1.24 bits per heavy atom. The van der Waals surface area contributed by atoms with Gasteiger partial charge in [0.15, 0.2) is 16.6 Å². The summed E-state index contributed by atoms with van der Waals surface area (Å²) < 4.78 is 11.9. The van der Waals surface area contributed by atoms with E-state index in [1.807, 2.05) is 30.3 Å². The number of amides is 2. The van der Waals surface area contributed by atoms with E-state index in [4.69, 9.17) is 15.2 Å². The van der Waals surface area contributed by atoms with Crippen molar-refractivity contribution >= 4 is 44.2 Å².